The second-order valence-corrected chi connectivity index (χ2v) is 5.34. The average molecular weight is 259 g/mol. The lowest BCUT2D eigenvalue weighted by molar-refractivity contribution is 0.253. The van der Waals surface area contributed by atoms with Crippen molar-refractivity contribution in [3.05, 3.63) is 23.4 Å². The normalized spacial score (nSPS) is 17.4. The van der Waals surface area contributed by atoms with Gasteiger partial charge in [0.2, 0.25) is 0 Å². The van der Waals surface area contributed by atoms with Crippen LogP contribution in [0.5, 0.6) is 0 Å². The molecule has 0 bridgehead atoms. The summed E-state index contributed by atoms with van der Waals surface area (Å²) in [6.07, 6.45) is 4.19. The monoisotopic (exact) mass is 258 g/mol. The maximum atomic E-state index is 9.22. The fourth-order valence-corrected chi connectivity index (χ4v) is 2.58. The Kier molecular flexibility index (Phi) is 4.46. The Morgan fingerprint density at radius 2 is 2.44 bits per heavy atom. The molecule has 0 aliphatic heterocycles. The summed E-state index contributed by atoms with van der Waals surface area (Å²) < 4.78 is 0. The number of aliphatic hydroxyl groups is 1. The zero-order valence-corrected chi connectivity index (χ0v) is 10.5. The summed E-state index contributed by atoms with van der Waals surface area (Å²) >= 11 is 7.59. The van der Waals surface area contributed by atoms with Crippen LogP contribution in [0.3, 0.4) is 0 Å². The van der Waals surface area contributed by atoms with Crippen LogP contribution in [0, 0.1) is 0 Å². The highest BCUT2D eigenvalue weighted by atomic mass is 35.5. The Morgan fingerprint density at radius 1 is 1.62 bits per heavy atom. The number of aromatic nitrogens is 1. The van der Waals surface area contributed by atoms with E-state index < -0.39 is 0 Å². The third-order valence-corrected chi connectivity index (χ3v) is 4.00. The Labute approximate surface area is 105 Å². The zero-order valence-electron chi connectivity index (χ0n) is 8.90. The minimum absolute atomic E-state index is 0.135. The molecule has 0 saturated heterocycles. The summed E-state index contributed by atoms with van der Waals surface area (Å²) in [5.74, 6) is 0.795. The number of hydrogen-bond donors (Lipinski definition) is 2. The van der Waals surface area contributed by atoms with Gasteiger partial charge in [0.25, 0.3) is 0 Å². The quantitative estimate of drug-likeness (QED) is 0.766. The molecule has 2 rings (SSSR count). The molecule has 1 aromatic rings. The van der Waals surface area contributed by atoms with Gasteiger partial charge in [0.1, 0.15) is 5.03 Å². The lowest BCUT2D eigenvalue weighted by Crippen LogP contribution is -2.36. The third kappa shape index (κ3) is 3.63. The van der Waals surface area contributed by atoms with Crippen molar-refractivity contribution in [1.82, 2.24) is 10.3 Å². The standard InChI is InChI=1S/C11H15ClN2OS/c12-10-2-1-5-13-11(10)16-7-9(6-15)14-8-3-4-8/h1-2,5,8-9,14-15H,3-4,6-7H2. The molecule has 1 aliphatic carbocycles. The van der Waals surface area contributed by atoms with Gasteiger partial charge in [-0.25, -0.2) is 4.98 Å². The van der Waals surface area contributed by atoms with E-state index in [1.807, 2.05) is 12.1 Å². The van der Waals surface area contributed by atoms with Gasteiger partial charge in [-0.3, -0.25) is 0 Å². The number of hydrogen-bond acceptors (Lipinski definition) is 4. The van der Waals surface area contributed by atoms with Crippen LogP contribution in [0.1, 0.15) is 12.8 Å². The largest absolute Gasteiger partial charge is 0.395 e. The van der Waals surface area contributed by atoms with E-state index in [0.29, 0.717) is 11.1 Å². The van der Waals surface area contributed by atoms with Gasteiger partial charge < -0.3 is 10.4 Å². The van der Waals surface area contributed by atoms with Crippen LogP contribution in [0.15, 0.2) is 23.4 Å². The Balaban J connectivity index is 1.82. The lowest BCUT2D eigenvalue weighted by Gasteiger charge is -2.15. The SMILES string of the molecule is OCC(CSc1ncccc1Cl)NC1CC1. The topological polar surface area (TPSA) is 45.2 Å². The van der Waals surface area contributed by atoms with Crippen LogP contribution in [0.2, 0.25) is 5.02 Å². The summed E-state index contributed by atoms with van der Waals surface area (Å²) in [5, 5.41) is 14.1. The molecule has 0 amide bonds. The minimum Gasteiger partial charge on any atom is -0.395 e. The Bertz CT molecular complexity index is 347. The van der Waals surface area contributed by atoms with Crippen molar-refractivity contribution in [2.45, 2.75) is 30.0 Å². The van der Waals surface area contributed by atoms with Gasteiger partial charge in [-0.15, -0.1) is 11.8 Å². The van der Waals surface area contributed by atoms with Gasteiger partial charge in [-0.2, -0.15) is 0 Å². The molecule has 1 aliphatic rings. The second-order valence-electron chi connectivity index (χ2n) is 3.92. The van der Waals surface area contributed by atoms with Crippen molar-refractivity contribution in [3.8, 4) is 0 Å². The zero-order chi connectivity index (χ0) is 11.4. The van der Waals surface area contributed by atoms with Crippen LogP contribution < -0.4 is 5.32 Å². The summed E-state index contributed by atoms with van der Waals surface area (Å²) in [4.78, 5) is 4.20. The van der Waals surface area contributed by atoms with Crippen LogP contribution >= 0.6 is 23.4 Å². The first-order chi connectivity index (χ1) is 7.79. The smallest absolute Gasteiger partial charge is 0.115 e. The van der Waals surface area contributed by atoms with Crippen LogP contribution in [-0.4, -0.2) is 34.5 Å². The van der Waals surface area contributed by atoms with Gasteiger partial charge >= 0.3 is 0 Å². The number of thioether (sulfide) groups is 1. The van der Waals surface area contributed by atoms with Crippen LogP contribution in [-0.2, 0) is 0 Å². The average Bonchev–Trinajstić information content (AvgIpc) is 3.10. The molecule has 1 heterocycles. The predicted octanol–water partition coefficient (Wildman–Crippen LogP) is 1.94. The van der Waals surface area contributed by atoms with Crippen molar-refractivity contribution in [2.75, 3.05) is 12.4 Å². The van der Waals surface area contributed by atoms with E-state index in [-0.39, 0.29) is 12.6 Å². The first-order valence-corrected chi connectivity index (χ1v) is 6.76. The molecule has 88 valence electrons. The molecule has 2 N–H and O–H groups in total. The molecule has 0 aromatic carbocycles. The lowest BCUT2D eigenvalue weighted by atomic mass is 10.3. The molecule has 3 nitrogen and oxygen atoms in total. The van der Waals surface area contributed by atoms with Crippen LogP contribution in [0.25, 0.3) is 0 Å². The fraction of sp³-hybridized carbons (Fsp3) is 0.545. The van der Waals surface area contributed by atoms with Crippen molar-refractivity contribution >= 4 is 23.4 Å². The van der Waals surface area contributed by atoms with Gasteiger partial charge in [0, 0.05) is 24.0 Å². The molecule has 0 radical (unpaired) electrons. The molecule has 1 unspecified atom stereocenters. The maximum absolute atomic E-state index is 9.22. The van der Waals surface area contributed by atoms with Gasteiger partial charge in [-0.1, -0.05) is 11.6 Å². The van der Waals surface area contributed by atoms with Crippen molar-refractivity contribution in [3.63, 3.8) is 0 Å². The summed E-state index contributed by atoms with van der Waals surface area (Å²) in [6, 6.07) is 4.39. The number of halogens is 1. The van der Waals surface area contributed by atoms with E-state index in [0.717, 1.165) is 10.8 Å². The molecular formula is C11H15ClN2OS. The highest BCUT2D eigenvalue weighted by Crippen LogP contribution is 2.25. The van der Waals surface area contributed by atoms with Gasteiger partial charge in [0.05, 0.1) is 11.6 Å². The molecule has 1 saturated carbocycles. The van der Waals surface area contributed by atoms with E-state index in [9.17, 15) is 5.11 Å². The van der Waals surface area contributed by atoms with Gasteiger partial charge in [-0.05, 0) is 25.0 Å². The Hall–Kier alpha value is -0.290. The first kappa shape index (κ1) is 12.2. The van der Waals surface area contributed by atoms with E-state index in [4.69, 9.17) is 11.6 Å². The molecule has 5 heteroatoms. The van der Waals surface area contributed by atoms with E-state index >= 15 is 0 Å². The second kappa shape index (κ2) is 5.87. The molecule has 16 heavy (non-hydrogen) atoms. The predicted molar refractivity (Wildman–Crippen MR) is 67.0 cm³/mol. The fourth-order valence-electron chi connectivity index (χ4n) is 1.39. The molecule has 1 atom stereocenters. The highest BCUT2D eigenvalue weighted by Gasteiger charge is 2.24. The molecule has 1 fully saturated rings. The van der Waals surface area contributed by atoms with E-state index in [2.05, 4.69) is 10.3 Å². The van der Waals surface area contributed by atoms with E-state index in [1.165, 1.54) is 12.8 Å². The number of rotatable bonds is 6. The van der Waals surface area contributed by atoms with Crippen LogP contribution in [0.4, 0.5) is 0 Å². The highest BCUT2D eigenvalue weighted by molar-refractivity contribution is 7.99. The number of pyridine rings is 1. The van der Waals surface area contributed by atoms with E-state index in [1.54, 1.807) is 18.0 Å². The minimum atomic E-state index is 0.135. The number of nitrogens with zero attached hydrogens (tertiary/aromatic N) is 1. The molecular weight excluding hydrogens is 244 g/mol. The maximum Gasteiger partial charge on any atom is 0.115 e. The number of nitrogens with one attached hydrogen (secondary N) is 1. The summed E-state index contributed by atoms with van der Waals surface area (Å²) in [6.45, 7) is 0.161. The van der Waals surface area contributed by atoms with Crippen molar-refractivity contribution in [2.24, 2.45) is 0 Å². The molecule has 1 aromatic heterocycles. The third-order valence-electron chi connectivity index (χ3n) is 2.42. The number of aliphatic hydroxyl groups excluding tert-OH is 1. The Morgan fingerprint density at radius 3 is 3.06 bits per heavy atom. The summed E-state index contributed by atoms with van der Waals surface area (Å²) in [5.41, 5.74) is 0. The van der Waals surface area contributed by atoms with Crippen molar-refractivity contribution in [1.29, 1.82) is 0 Å². The van der Waals surface area contributed by atoms with Crippen molar-refractivity contribution < 1.29 is 5.11 Å². The van der Waals surface area contributed by atoms with Gasteiger partial charge in [0.15, 0.2) is 0 Å². The summed E-state index contributed by atoms with van der Waals surface area (Å²) in [7, 11) is 0. The molecule has 0 spiro atoms. The first-order valence-electron chi connectivity index (χ1n) is 5.40.